The van der Waals surface area contributed by atoms with Gasteiger partial charge in [-0.1, -0.05) is 96.2 Å². The number of oxime groups is 1. The maximum atomic E-state index is 13.5. The first-order chi connectivity index (χ1) is 17.0. The second-order valence-corrected chi connectivity index (χ2v) is 8.74. The summed E-state index contributed by atoms with van der Waals surface area (Å²) in [4.78, 5) is 19.3. The molecule has 0 bridgehead atoms. The molecule has 8 heteroatoms. The van der Waals surface area contributed by atoms with Crippen molar-refractivity contribution in [3.8, 4) is 0 Å². The summed E-state index contributed by atoms with van der Waals surface area (Å²) in [6.07, 6.45) is 0.784. The molecule has 7 nitrogen and oxygen atoms in total. The van der Waals surface area contributed by atoms with E-state index in [9.17, 15) is 14.8 Å². The summed E-state index contributed by atoms with van der Waals surface area (Å²) in [5, 5.41) is 26.9. The van der Waals surface area contributed by atoms with Gasteiger partial charge < -0.3 is 24.9 Å². The van der Waals surface area contributed by atoms with Crippen LogP contribution in [-0.4, -0.2) is 46.9 Å². The van der Waals surface area contributed by atoms with Gasteiger partial charge in [0.1, 0.15) is 0 Å². The lowest BCUT2D eigenvalue weighted by Gasteiger charge is -2.28. The van der Waals surface area contributed by atoms with Crippen molar-refractivity contribution >= 4 is 18.7 Å². The van der Waals surface area contributed by atoms with Crippen LogP contribution in [0.15, 0.2) is 96.2 Å². The van der Waals surface area contributed by atoms with Crippen molar-refractivity contribution < 1.29 is 24.4 Å². The van der Waals surface area contributed by atoms with Crippen molar-refractivity contribution in [2.45, 2.75) is 37.4 Å². The average Bonchev–Trinajstić information content (AvgIpc) is 3.29. The van der Waals surface area contributed by atoms with E-state index in [-0.39, 0.29) is 25.9 Å². The first-order valence-corrected chi connectivity index (χ1v) is 11.6. The molecule has 35 heavy (non-hydrogen) atoms. The second-order valence-electron chi connectivity index (χ2n) is 8.74. The fourth-order valence-corrected chi connectivity index (χ4v) is 4.11. The normalized spacial score (nSPS) is 17.8. The maximum absolute atomic E-state index is 13.5. The molecule has 1 unspecified atom stereocenters. The Labute approximate surface area is 205 Å². The zero-order valence-corrected chi connectivity index (χ0v) is 19.4. The Kier molecular flexibility index (Phi) is 8.31. The summed E-state index contributed by atoms with van der Waals surface area (Å²) in [7, 11) is -1.73. The van der Waals surface area contributed by atoms with Gasteiger partial charge in [0.2, 0.25) is 5.60 Å². The van der Waals surface area contributed by atoms with E-state index in [2.05, 4.69) is 10.5 Å². The molecule has 0 saturated carbocycles. The van der Waals surface area contributed by atoms with Crippen molar-refractivity contribution in [2.24, 2.45) is 5.16 Å². The Morgan fingerprint density at radius 2 is 1.49 bits per heavy atom. The molecule has 0 aromatic heterocycles. The molecule has 2 atom stereocenters. The number of rotatable bonds is 11. The third-order valence-electron chi connectivity index (χ3n) is 5.94. The van der Waals surface area contributed by atoms with Gasteiger partial charge in [-0.2, -0.15) is 0 Å². The Balaban J connectivity index is 1.45. The molecule has 0 radical (unpaired) electrons. The Morgan fingerprint density at radius 1 is 0.914 bits per heavy atom. The summed E-state index contributed by atoms with van der Waals surface area (Å²) < 4.78 is 5.80. The molecule has 180 valence electrons. The van der Waals surface area contributed by atoms with Gasteiger partial charge in [0.25, 0.3) is 5.91 Å². The number of amides is 1. The number of nitrogens with one attached hydrogen (secondary N) is 1. The molecule has 1 aliphatic heterocycles. The standard InChI is InChI=1S/C27H29BN2O5/c31-26(29-25(28(32)33)16-21-10-4-1-5-11-21)27(17-22-12-6-2-7-13-22)18-24(30-35-27)20-34-19-23-14-8-3-9-15-23/h1-15,25,32-33H,16-20H2,(H,29,31)/t25-,27?/m0/s1. The molecule has 1 amide bonds. The molecular weight excluding hydrogens is 443 g/mol. The van der Waals surface area contributed by atoms with E-state index in [1.807, 2.05) is 91.0 Å². The fraction of sp³-hybridized carbons (Fsp3) is 0.259. The maximum Gasteiger partial charge on any atom is 0.475 e. The van der Waals surface area contributed by atoms with E-state index in [0.717, 1.165) is 16.7 Å². The van der Waals surface area contributed by atoms with Gasteiger partial charge in [-0.15, -0.1) is 0 Å². The first-order valence-electron chi connectivity index (χ1n) is 11.6. The summed E-state index contributed by atoms with van der Waals surface area (Å²) in [6.45, 7) is 0.655. The summed E-state index contributed by atoms with van der Waals surface area (Å²) in [5.74, 6) is -1.35. The molecule has 1 heterocycles. The predicted octanol–water partition coefficient (Wildman–Crippen LogP) is 2.70. The molecule has 3 N–H and O–H groups in total. The number of carbonyl (C=O) groups is 1. The topological polar surface area (TPSA) is 100 Å². The minimum Gasteiger partial charge on any atom is -0.426 e. The Bertz CT molecular complexity index is 1110. The van der Waals surface area contributed by atoms with Crippen LogP contribution in [0.3, 0.4) is 0 Å². The van der Waals surface area contributed by atoms with E-state index < -0.39 is 24.6 Å². The van der Waals surface area contributed by atoms with E-state index >= 15 is 0 Å². The van der Waals surface area contributed by atoms with Gasteiger partial charge in [0.15, 0.2) is 0 Å². The Hall–Kier alpha value is -3.46. The Morgan fingerprint density at radius 3 is 2.09 bits per heavy atom. The number of carbonyl (C=O) groups excluding carboxylic acids is 1. The first kappa shape index (κ1) is 24.7. The van der Waals surface area contributed by atoms with Gasteiger partial charge in [-0.25, -0.2) is 0 Å². The lowest BCUT2D eigenvalue weighted by Crippen LogP contribution is -2.56. The van der Waals surface area contributed by atoms with Crippen LogP contribution in [0.5, 0.6) is 0 Å². The van der Waals surface area contributed by atoms with Crippen LogP contribution in [-0.2, 0) is 33.8 Å². The SMILES string of the molecule is O=C(N[C@@H](Cc1ccccc1)B(O)O)C1(Cc2ccccc2)CC(COCc2ccccc2)=NO1. The molecule has 0 saturated heterocycles. The van der Waals surface area contributed by atoms with E-state index in [1.54, 1.807) is 0 Å². The van der Waals surface area contributed by atoms with Gasteiger partial charge in [-0.3, -0.25) is 4.79 Å². The van der Waals surface area contributed by atoms with Gasteiger partial charge >= 0.3 is 7.12 Å². The van der Waals surface area contributed by atoms with Crippen molar-refractivity contribution in [2.75, 3.05) is 6.61 Å². The van der Waals surface area contributed by atoms with Crippen LogP contribution in [0.1, 0.15) is 23.1 Å². The van der Waals surface area contributed by atoms with Crippen LogP contribution in [0.25, 0.3) is 0 Å². The molecule has 4 rings (SSSR count). The van der Waals surface area contributed by atoms with Crippen LogP contribution < -0.4 is 5.32 Å². The number of nitrogens with zero attached hydrogens (tertiary/aromatic N) is 1. The lowest BCUT2D eigenvalue weighted by molar-refractivity contribution is -0.144. The van der Waals surface area contributed by atoms with Crippen LogP contribution in [0, 0.1) is 0 Å². The molecule has 1 aliphatic rings. The van der Waals surface area contributed by atoms with Crippen molar-refractivity contribution in [1.29, 1.82) is 0 Å². The minimum absolute atomic E-state index is 0.231. The van der Waals surface area contributed by atoms with E-state index in [4.69, 9.17) is 9.57 Å². The number of ether oxygens (including phenoxy) is 1. The van der Waals surface area contributed by atoms with Gasteiger partial charge in [0, 0.05) is 12.8 Å². The molecule has 3 aromatic rings. The number of hydrogen-bond acceptors (Lipinski definition) is 6. The molecule has 0 aliphatic carbocycles. The van der Waals surface area contributed by atoms with E-state index in [1.165, 1.54) is 0 Å². The molecule has 3 aromatic carbocycles. The summed E-state index contributed by atoms with van der Waals surface area (Å²) >= 11 is 0. The zero-order chi connectivity index (χ0) is 24.5. The number of hydrogen-bond donors (Lipinski definition) is 3. The van der Waals surface area contributed by atoms with Crippen molar-refractivity contribution in [1.82, 2.24) is 5.32 Å². The monoisotopic (exact) mass is 472 g/mol. The largest absolute Gasteiger partial charge is 0.475 e. The predicted molar refractivity (Wildman–Crippen MR) is 134 cm³/mol. The molecular formula is C27H29BN2O5. The smallest absolute Gasteiger partial charge is 0.426 e. The van der Waals surface area contributed by atoms with Crippen molar-refractivity contribution in [3.63, 3.8) is 0 Å². The lowest BCUT2D eigenvalue weighted by atomic mass is 9.75. The highest BCUT2D eigenvalue weighted by molar-refractivity contribution is 6.43. The summed E-state index contributed by atoms with van der Waals surface area (Å²) in [6, 6.07) is 28.7. The number of benzene rings is 3. The van der Waals surface area contributed by atoms with Gasteiger partial charge in [-0.05, 0) is 23.1 Å². The minimum atomic E-state index is -1.73. The third-order valence-corrected chi connectivity index (χ3v) is 5.94. The van der Waals surface area contributed by atoms with Gasteiger partial charge in [0.05, 0.1) is 24.9 Å². The highest BCUT2D eigenvalue weighted by Gasteiger charge is 2.48. The highest BCUT2D eigenvalue weighted by atomic mass is 16.7. The summed E-state index contributed by atoms with van der Waals surface area (Å²) in [5.41, 5.74) is 2.14. The van der Waals surface area contributed by atoms with E-state index in [0.29, 0.717) is 12.3 Å². The third kappa shape index (κ3) is 6.79. The second kappa shape index (κ2) is 11.8. The molecule has 0 spiro atoms. The average molecular weight is 472 g/mol. The fourth-order valence-electron chi connectivity index (χ4n) is 4.11. The van der Waals surface area contributed by atoms with Crippen LogP contribution in [0.2, 0.25) is 0 Å². The van der Waals surface area contributed by atoms with Crippen LogP contribution >= 0.6 is 0 Å². The van der Waals surface area contributed by atoms with Crippen LogP contribution in [0.4, 0.5) is 0 Å². The van der Waals surface area contributed by atoms with Crippen molar-refractivity contribution in [3.05, 3.63) is 108 Å². The molecule has 0 fully saturated rings. The quantitative estimate of drug-likeness (QED) is 0.373. The highest BCUT2D eigenvalue weighted by Crippen LogP contribution is 2.29. The zero-order valence-electron chi connectivity index (χ0n) is 19.4.